The fourth-order valence-corrected chi connectivity index (χ4v) is 1.68. The zero-order valence-electron chi connectivity index (χ0n) is 10.8. The van der Waals surface area contributed by atoms with Crippen LogP contribution in [0.25, 0.3) is 0 Å². The highest BCUT2D eigenvalue weighted by molar-refractivity contribution is 5.88. The van der Waals surface area contributed by atoms with Gasteiger partial charge in [-0.2, -0.15) is 0 Å². The highest BCUT2D eigenvalue weighted by Crippen LogP contribution is 2.25. The van der Waals surface area contributed by atoms with Gasteiger partial charge < -0.3 is 9.84 Å². The van der Waals surface area contributed by atoms with Crippen molar-refractivity contribution in [2.75, 3.05) is 0 Å². The fourth-order valence-electron chi connectivity index (χ4n) is 1.68. The predicted molar refractivity (Wildman–Crippen MR) is 71.8 cm³/mol. The van der Waals surface area contributed by atoms with Crippen molar-refractivity contribution >= 4 is 5.97 Å². The lowest BCUT2D eigenvalue weighted by atomic mass is 10.0. The molecule has 0 saturated carbocycles. The van der Waals surface area contributed by atoms with Gasteiger partial charge in [0.2, 0.25) is 0 Å². The van der Waals surface area contributed by atoms with Crippen LogP contribution < -0.4 is 4.74 Å². The second-order valence-electron chi connectivity index (χ2n) is 4.48. The van der Waals surface area contributed by atoms with E-state index in [1.807, 2.05) is 24.3 Å². The first-order valence-electron chi connectivity index (χ1n) is 6.04. The number of pyridine rings is 1. The molecule has 0 atom stereocenters. The van der Waals surface area contributed by atoms with Crippen molar-refractivity contribution in [3.05, 3.63) is 53.9 Å². The quantitative estimate of drug-likeness (QED) is 0.907. The van der Waals surface area contributed by atoms with Crippen LogP contribution in [0, 0.1) is 0 Å². The number of aromatic carboxylic acids is 1. The minimum Gasteiger partial charge on any atom is -0.476 e. The molecule has 0 aliphatic heterocycles. The number of ether oxygens (including phenoxy) is 1. The van der Waals surface area contributed by atoms with E-state index in [2.05, 4.69) is 18.8 Å². The Morgan fingerprint density at radius 1 is 1.21 bits per heavy atom. The topological polar surface area (TPSA) is 59.4 Å². The maximum absolute atomic E-state index is 11.0. The predicted octanol–water partition coefficient (Wildman–Crippen LogP) is 3.70. The number of rotatable bonds is 4. The zero-order valence-corrected chi connectivity index (χ0v) is 10.8. The van der Waals surface area contributed by atoms with Crippen molar-refractivity contribution in [2.24, 2.45) is 0 Å². The van der Waals surface area contributed by atoms with E-state index in [1.165, 1.54) is 11.8 Å². The second-order valence-corrected chi connectivity index (χ2v) is 4.48. The van der Waals surface area contributed by atoms with E-state index in [1.54, 1.807) is 12.1 Å². The molecule has 0 radical (unpaired) electrons. The molecule has 0 saturated heterocycles. The smallest absolute Gasteiger partial charge is 0.358 e. The molecule has 1 aromatic heterocycles. The van der Waals surface area contributed by atoms with Crippen LogP contribution >= 0.6 is 0 Å². The average Bonchev–Trinajstić information content (AvgIpc) is 2.39. The monoisotopic (exact) mass is 257 g/mol. The van der Waals surface area contributed by atoms with Crippen molar-refractivity contribution in [1.82, 2.24) is 4.98 Å². The Bertz CT molecular complexity index is 576. The SMILES string of the molecule is CC(C)c1ccc(Oc2cccnc2C(=O)O)cc1. The molecule has 2 rings (SSSR count). The summed E-state index contributed by atoms with van der Waals surface area (Å²) in [5.74, 6) is 0.184. The van der Waals surface area contributed by atoms with E-state index in [9.17, 15) is 4.79 Å². The summed E-state index contributed by atoms with van der Waals surface area (Å²) in [6, 6.07) is 10.8. The molecule has 0 aliphatic rings. The van der Waals surface area contributed by atoms with Gasteiger partial charge in [0.25, 0.3) is 0 Å². The van der Waals surface area contributed by atoms with Crippen LogP contribution in [0.2, 0.25) is 0 Å². The number of carboxylic acids is 1. The van der Waals surface area contributed by atoms with Crippen molar-refractivity contribution in [3.8, 4) is 11.5 Å². The Kier molecular flexibility index (Phi) is 3.80. The second kappa shape index (κ2) is 5.52. The van der Waals surface area contributed by atoms with E-state index in [-0.39, 0.29) is 11.4 Å². The van der Waals surface area contributed by atoms with Crippen LogP contribution in [-0.2, 0) is 0 Å². The van der Waals surface area contributed by atoms with Crippen molar-refractivity contribution in [1.29, 1.82) is 0 Å². The molecule has 4 nitrogen and oxygen atoms in total. The van der Waals surface area contributed by atoms with Crippen LogP contribution in [0.5, 0.6) is 11.5 Å². The van der Waals surface area contributed by atoms with E-state index < -0.39 is 5.97 Å². The van der Waals surface area contributed by atoms with E-state index in [4.69, 9.17) is 9.84 Å². The molecular formula is C15H15NO3. The van der Waals surface area contributed by atoms with Crippen molar-refractivity contribution in [2.45, 2.75) is 19.8 Å². The standard InChI is InChI=1S/C15H15NO3/c1-10(2)11-5-7-12(8-6-11)19-13-4-3-9-16-14(13)15(17)18/h3-10H,1-2H3,(H,17,18). The molecule has 1 aromatic carbocycles. The summed E-state index contributed by atoms with van der Waals surface area (Å²) in [7, 11) is 0. The molecule has 0 amide bonds. The van der Waals surface area contributed by atoms with Gasteiger partial charge in [0.1, 0.15) is 5.75 Å². The maximum Gasteiger partial charge on any atom is 0.358 e. The largest absolute Gasteiger partial charge is 0.476 e. The average molecular weight is 257 g/mol. The van der Waals surface area contributed by atoms with Gasteiger partial charge in [0.05, 0.1) is 0 Å². The minimum atomic E-state index is -1.10. The molecule has 0 aliphatic carbocycles. The van der Waals surface area contributed by atoms with Gasteiger partial charge >= 0.3 is 5.97 Å². The van der Waals surface area contributed by atoms with Gasteiger partial charge in [-0.05, 0) is 35.7 Å². The molecule has 0 unspecified atom stereocenters. The summed E-state index contributed by atoms with van der Waals surface area (Å²) < 4.78 is 5.56. The number of hydrogen-bond acceptors (Lipinski definition) is 3. The molecule has 19 heavy (non-hydrogen) atoms. The van der Waals surface area contributed by atoms with Gasteiger partial charge in [-0.15, -0.1) is 0 Å². The third-order valence-electron chi connectivity index (χ3n) is 2.75. The number of aromatic nitrogens is 1. The molecule has 1 heterocycles. The van der Waals surface area contributed by atoms with Crippen molar-refractivity contribution < 1.29 is 14.6 Å². The van der Waals surface area contributed by atoms with Crippen LogP contribution in [0.3, 0.4) is 0 Å². The normalized spacial score (nSPS) is 10.5. The highest BCUT2D eigenvalue weighted by atomic mass is 16.5. The molecule has 0 fully saturated rings. The lowest BCUT2D eigenvalue weighted by Gasteiger charge is -2.09. The van der Waals surface area contributed by atoms with E-state index >= 15 is 0 Å². The Balaban J connectivity index is 2.24. The highest BCUT2D eigenvalue weighted by Gasteiger charge is 2.12. The minimum absolute atomic E-state index is 0.0876. The summed E-state index contributed by atoms with van der Waals surface area (Å²) in [6.45, 7) is 4.22. The summed E-state index contributed by atoms with van der Waals surface area (Å²) in [5, 5.41) is 9.02. The first-order chi connectivity index (χ1) is 9.08. The van der Waals surface area contributed by atoms with Crippen LogP contribution in [0.15, 0.2) is 42.6 Å². The summed E-state index contributed by atoms with van der Waals surface area (Å²) in [4.78, 5) is 14.8. The van der Waals surface area contributed by atoms with Crippen molar-refractivity contribution in [3.63, 3.8) is 0 Å². The molecule has 0 spiro atoms. The number of carboxylic acid groups (broad SMARTS) is 1. The Labute approximate surface area is 111 Å². The van der Waals surface area contributed by atoms with Gasteiger partial charge in [-0.1, -0.05) is 26.0 Å². The van der Waals surface area contributed by atoms with E-state index in [0.29, 0.717) is 11.7 Å². The van der Waals surface area contributed by atoms with Gasteiger partial charge in [-0.3, -0.25) is 0 Å². The molecule has 0 bridgehead atoms. The number of benzene rings is 1. The Morgan fingerprint density at radius 2 is 1.89 bits per heavy atom. The van der Waals surface area contributed by atoms with Gasteiger partial charge in [0, 0.05) is 6.20 Å². The summed E-state index contributed by atoms with van der Waals surface area (Å²) >= 11 is 0. The number of nitrogens with zero attached hydrogens (tertiary/aromatic N) is 1. The molecule has 1 N–H and O–H groups in total. The summed E-state index contributed by atoms with van der Waals surface area (Å²) in [5.41, 5.74) is 1.12. The lowest BCUT2D eigenvalue weighted by molar-refractivity contribution is 0.0687. The molecule has 4 heteroatoms. The maximum atomic E-state index is 11.0. The van der Waals surface area contributed by atoms with Gasteiger partial charge in [-0.25, -0.2) is 9.78 Å². The molecule has 2 aromatic rings. The summed E-state index contributed by atoms with van der Waals surface area (Å²) in [6.07, 6.45) is 1.43. The number of carbonyl (C=O) groups is 1. The Morgan fingerprint density at radius 3 is 2.47 bits per heavy atom. The first kappa shape index (κ1) is 13.1. The molecule has 98 valence electrons. The third-order valence-corrected chi connectivity index (χ3v) is 2.75. The zero-order chi connectivity index (χ0) is 13.8. The fraction of sp³-hybridized carbons (Fsp3) is 0.200. The van der Waals surface area contributed by atoms with E-state index in [0.717, 1.165) is 0 Å². The number of hydrogen-bond donors (Lipinski definition) is 1. The third kappa shape index (κ3) is 3.10. The van der Waals surface area contributed by atoms with Gasteiger partial charge in [0.15, 0.2) is 11.4 Å². The van der Waals surface area contributed by atoms with Crippen LogP contribution in [0.4, 0.5) is 0 Å². The Hall–Kier alpha value is -2.36. The first-order valence-corrected chi connectivity index (χ1v) is 6.04. The van der Waals surface area contributed by atoms with Crippen LogP contribution in [-0.4, -0.2) is 16.1 Å². The molecular weight excluding hydrogens is 242 g/mol. The van der Waals surface area contributed by atoms with Crippen LogP contribution in [0.1, 0.15) is 35.8 Å². The lowest BCUT2D eigenvalue weighted by Crippen LogP contribution is -2.02.